The number of amides is 1. The Kier molecular flexibility index (Phi) is 7.24. The number of esters is 1. The fourth-order valence-electron chi connectivity index (χ4n) is 4.97. The second-order valence-electron chi connectivity index (χ2n) is 9.20. The molecule has 37 heavy (non-hydrogen) atoms. The van der Waals surface area contributed by atoms with E-state index in [1.807, 2.05) is 48.5 Å². The van der Waals surface area contributed by atoms with Gasteiger partial charge in [0.15, 0.2) is 0 Å². The summed E-state index contributed by atoms with van der Waals surface area (Å²) < 4.78 is 10.8. The number of carbonyl (C=O) groups excluding carboxylic acids is 2. The summed E-state index contributed by atoms with van der Waals surface area (Å²) in [6.07, 6.45) is 3.90. The summed E-state index contributed by atoms with van der Waals surface area (Å²) in [5.41, 5.74) is 4.27. The summed E-state index contributed by atoms with van der Waals surface area (Å²) in [5.74, 6) is 0.659. The fourth-order valence-corrected chi connectivity index (χ4v) is 6.32. The number of aromatic nitrogens is 1. The molecular formula is C30H30N2O4S. The highest BCUT2D eigenvalue weighted by atomic mass is 32.1. The number of anilines is 1. The number of thiophene rings is 1. The molecule has 1 amide bonds. The van der Waals surface area contributed by atoms with Crippen LogP contribution < -0.4 is 10.1 Å². The van der Waals surface area contributed by atoms with Crippen molar-refractivity contribution in [2.24, 2.45) is 5.92 Å². The Morgan fingerprint density at radius 3 is 2.73 bits per heavy atom. The van der Waals surface area contributed by atoms with Gasteiger partial charge < -0.3 is 14.8 Å². The van der Waals surface area contributed by atoms with Crippen molar-refractivity contribution in [3.63, 3.8) is 0 Å². The van der Waals surface area contributed by atoms with E-state index in [0.717, 1.165) is 47.7 Å². The van der Waals surface area contributed by atoms with E-state index in [2.05, 4.69) is 12.2 Å². The van der Waals surface area contributed by atoms with Crippen molar-refractivity contribution in [1.29, 1.82) is 0 Å². The molecule has 1 N–H and O–H groups in total. The number of carbonyl (C=O) groups is 2. The van der Waals surface area contributed by atoms with Gasteiger partial charge in [-0.2, -0.15) is 0 Å². The second kappa shape index (κ2) is 10.7. The van der Waals surface area contributed by atoms with Gasteiger partial charge in [-0.25, -0.2) is 9.78 Å². The number of ether oxygens (including phenoxy) is 2. The maximum Gasteiger partial charge on any atom is 0.341 e. The third-order valence-corrected chi connectivity index (χ3v) is 8.15. The van der Waals surface area contributed by atoms with Gasteiger partial charge in [-0.1, -0.05) is 43.7 Å². The number of pyridine rings is 1. The van der Waals surface area contributed by atoms with Crippen LogP contribution >= 0.6 is 11.3 Å². The molecule has 1 unspecified atom stereocenters. The number of hydrogen-bond donors (Lipinski definition) is 1. The van der Waals surface area contributed by atoms with Crippen LogP contribution in [0, 0.1) is 5.92 Å². The standard InChI is InChI=1S/C30H30N2O4S/c1-4-18-13-14-22-26(15-18)37-29(27(22)30(34)36-5-2)32-28(33)23-17-25(19-9-8-10-20(16-19)35-3)31-24-12-7-6-11-21(23)24/h6-12,16-18H,4-5,13-15H2,1-3H3,(H,32,33). The van der Waals surface area contributed by atoms with Gasteiger partial charge in [-0.3, -0.25) is 4.79 Å². The smallest absolute Gasteiger partial charge is 0.341 e. The Morgan fingerprint density at radius 2 is 1.95 bits per heavy atom. The number of para-hydroxylation sites is 1. The van der Waals surface area contributed by atoms with Gasteiger partial charge in [-0.15, -0.1) is 11.3 Å². The molecule has 0 spiro atoms. The average molecular weight is 515 g/mol. The van der Waals surface area contributed by atoms with Gasteiger partial charge in [0.2, 0.25) is 0 Å². The minimum absolute atomic E-state index is 0.279. The summed E-state index contributed by atoms with van der Waals surface area (Å²) in [6, 6.07) is 17.0. The lowest BCUT2D eigenvalue weighted by atomic mass is 9.85. The van der Waals surface area contributed by atoms with Crippen molar-refractivity contribution in [1.82, 2.24) is 4.98 Å². The molecule has 7 heteroatoms. The number of rotatable bonds is 7. The topological polar surface area (TPSA) is 77.5 Å². The lowest BCUT2D eigenvalue weighted by molar-refractivity contribution is 0.0526. The number of hydrogen-bond acceptors (Lipinski definition) is 6. The highest BCUT2D eigenvalue weighted by Gasteiger charge is 2.30. The third kappa shape index (κ3) is 4.96. The summed E-state index contributed by atoms with van der Waals surface area (Å²) in [7, 11) is 1.62. The zero-order chi connectivity index (χ0) is 25.9. The predicted octanol–water partition coefficient (Wildman–Crippen LogP) is 6.92. The monoisotopic (exact) mass is 514 g/mol. The van der Waals surface area contributed by atoms with Crippen molar-refractivity contribution in [2.75, 3.05) is 19.0 Å². The zero-order valence-electron chi connectivity index (χ0n) is 21.3. The molecule has 0 saturated carbocycles. The number of nitrogens with zero attached hydrogens (tertiary/aromatic N) is 1. The first-order valence-corrected chi connectivity index (χ1v) is 13.5. The van der Waals surface area contributed by atoms with Crippen LogP contribution in [0.1, 0.15) is 57.8 Å². The van der Waals surface area contributed by atoms with Crippen LogP contribution in [0.4, 0.5) is 5.00 Å². The Labute approximate surface area is 220 Å². The molecule has 1 aliphatic carbocycles. The van der Waals surface area contributed by atoms with E-state index in [0.29, 0.717) is 33.5 Å². The van der Waals surface area contributed by atoms with Gasteiger partial charge in [0.05, 0.1) is 36.1 Å². The average Bonchev–Trinajstić information content (AvgIpc) is 3.29. The fraction of sp³-hybridized carbons (Fsp3) is 0.300. The molecule has 0 fully saturated rings. The van der Waals surface area contributed by atoms with E-state index in [4.69, 9.17) is 14.5 Å². The maximum atomic E-state index is 13.8. The van der Waals surface area contributed by atoms with Crippen molar-refractivity contribution >= 4 is 39.1 Å². The van der Waals surface area contributed by atoms with Crippen molar-refractivity contribution in [3.05, 3.63) is 76.2 Å². The summed E-state index contributed by atoms with van der Waals surface area (Å²) in [6.45, 7) is 4.28. The number of benzene rings is 2. The number of nitrogens with one attached hydrogen (secondary N) is 1. The SMILES string of the molecule is CCOC(=O)c1c(NC(=O)c2cc(-c3cccc(OC)c3)nc3ccccc23)sc2c1CCC(CC)C2. The molecule has 2 aromatic carbocycles. The van der Waals surface area contributed by atoms with Gasteiger partial charge in [0.1, 0.15) is 10.8 Å². The van der Waals surface area contributed by atoms with Crippen LogP contribution in [0.3, 0.4) is 0 Å². The maximum absolute atomic E-state index is 13.8. The van der Waals surface area contributed by atoms with Crippen LogP contribution in [0.5, 0.6) is 5.75 Å². The Hall–Kier alpha value is -3.71. The minimum Gasteiger partial charge on any atom is -0.497 e. The molecule has 0 radical (unpaired) electrons. The van der Waals surface area contributed by atoms with Gasteiger partial charge in [0, 0.05) is 15.8 Å². The summed E-state index contributed by atoms with van der Waals surface area (Å²) in [4.78, 5) is 32.8. The second-order valence-corrected chi connectivity index (χ2v) is 10.3. The Morgan fingerprint density at radius 1 is 1.11 bits per heavy atom. The molecular weight excluding hydrogens is 484 g/mol. The van der Waals surface area contributed by atoms with E-state index >= 15 is 0 Å². The Balaban J connectivity index is 1.57. The highest BCUT2D eigenvalue weighted by Crippen LogP contribution is 2.41. The van der Waals surface area contributed by atoms with E-state index in [1.54, 1.807) is 20.1 Å². The molecule has 2 aromatic heterocycles. The molecule has 6 nitrogen and oxygen atoms in total. The molecule has 0 bridgehead atoms. The van der Waals surface area contributed by atoms with Gasteiger partial charge >= 0.3 is 5.97 Å². The van der Waals surface area contributed by atoms with Crippen molar-refractivity contribution < 1.29 is 19.1 Å². The molecule has 5 rings (SSSR count). The first-order valence-electron chi connectivity index (χ1n) is 12.7. The Bertz CT molecular complexity index is 1480. The van der Waals surface area contributed by atoms with E-state index < -0.39 is 0 Å². The molecule has 1 aliphatic rings. The quantitative estimate of drug-likeness (QED) is 0.271. The lowest BCUT2D eigenvalue weighted by Crippen LogP contribution is -2.17. The number of methoxy groups -OCH3 is 1. The van der Waals surface area contributed by atoms with Crippen LogP contribution in [-0.2, 0) is 17.6 Å². The third-order valence-electron chi connectivity index (χ3n) is 6.98. The van der Waals surface area contributed by atoms with Crippen molar-refractivity contribution in [2.45, 2.75) is 39.5 Å². The molecule has 2 heterocycles. The van der Waals surface area contributed by atoms with Gasteiger partial charge in [0.25, 0.3) is 5.91 Å². The van der Waals surface area contributed by atoms with Crippen LogP contribution in [0.15, 0.2) is 54.6 Å². The molecule has 0 saturated heterocycles. The first kappa shape index (κ1) is 25.0. The molecule has 0 aliphatic heterocycles. The highest BCUT2D eigenvalue weighted by molar-refractivity contribution is 7.17. The number of fused-ring (bicyclic) bond motifs is 2. The summed E-state index contributed by atoms with van der Waals surface area (Å²) >= 11 is 1.50. The zero-order valence-corrected chi connectivity index (χ0v) is 22.1. The van der Waals surface area contributed by atoms with E-state index in [9.17, 15) is 9.59 Å². The van der Waals surface area contributed by atoms with Crippen LogP contribution in [0.2, 0.25) is 0 Å². The van der Waals surface area contributed by atoms with Crippen LogP contribution in [0.25, 0.3) is 22.2 Å². The van der Waals surface area contributed by atoms with Crippen LogP contribution in [-0.4, -0.2) is 30.6 Å². The summed E-state index contributed by atoms with van der Waals surface area (Å²) in [5, 5.41) is 4.39. The van der Waals surface area contributed by atoms with Crippen molar-refractivity contribution in [3.8, 4) is 17.0 Å². The molecule has 4 aromatic rings. The van der Waals surface area contributed by atoms with Gasteiger partial charge in [-0.05, 0) is 61.9 Å². The lowest BCUT2D eigenvalue weighted by Gasteiger charge is -2.20. The van der Waals surface area contributed by atoms with E-state index in [1.165, 1.54) is 16.2 Å². The first-order chi connectivity index (χ1) is 18.0. The predicted molar refractivity (Wildman–Crippen MR) is 148 cm³/mol. The molecule has 1 atom stereocenters. The largest absolute Gasteiger partial charge is 0.497 e. The minimum atomic E-state index is -0.373. The van der Waals surface area contributed by atoms with E-state index in [-0.39, 0.29) is 18.5 Å². The normalized spacial score (nSPS) is 14.7. The molecule has 190 valence electrons.